The summed E-state index contributed by atoms with van der Waals surface area (Å²) in [6.07, 6.45) is 0. The molecule has 3 heteroatoms. The van der Waals surface area contributed by atoms with E-state index in [9.17, 15) is 0 Å². The zero-order valence-electron chi connectivity index (χ0n) is 8.41. The monoisotopic (exact) mass is 191 g/mol. The molecule has 1 aromatic carbocycles. The van der Waals surface area contributed by atoms with Crippen LogP contribution in [0.2, 0.25) is 0 Å². The predicted molar refractivity (Wildman–Crippen MR) is 55.1 cm³/mol. The Morgan fingerprint density at radius 3 is 2.93 bits per heavy atom. The molecule has 0 aliphatic carbocycles. The van der Waals surface area contributed by atoms with Crippen LogP contribution in [0.4, 0.5) is 0 Å². The Hall–Kier alpha value is -1.35. The van der Waals surface area contributed by atoms with Gasteiger partial charge in [0.1, 0.15) is 5.75 Å². The van der Waals surface area contributed by atoms with Gasteiger partial charge in [-0.1, -0.05) is 6.07 Å². The highest BCUT2D eigenvalue weighted by atomic mass is 16.5. The lowest BCUT2D eigenvalue weighted by atomic mass is 10.0. The molecule has 1 heterocycles. The van der Waals surface area contributed by atoms with Crippen LogP contribution in [0.5, 0.6) is 5.75 Å². The maximum atomic E-state index is 5.40. The lowest BCUT2D eigenvalue weighted by molar-refractivity contribution is 0.152. The van der Waals surface area contributed by atoms with Crippen molar-refractivity contribution in [1.29, 1.82) is 0 Å². The second-order valence-corrected chi connectivity index (χ2v) is 3.19. The van der Waals surface area contributed by atoms with Gasteiger partial charge in [0.25, 0.3) is 0 Å². The second-order valence-electron chi connectivity index (χ2n) is 3.19. The topological polar surface area (TPSA) is 30.8 Å². The molecule has 0 atom stereocenters. The summed E-state index contributed by atoms with van der Waals surface area (Å²) in [7, 11) is 3.46. The van der Waals surface area contributed by atoms with E-state index in [4.69, 9.17) is 9.47 Å². The van der Waals surface area contributed by atoms with Gasteiger partial charge in [-0.15, -0.1) is 0 Å². The average Bonchev–Trinajstić information content (AvgIpc) is 2.27. The van der Waals surface area contributed by atoms with Crippen LogP contribution in [-0.2, 0) is 11.3 Å². The van der Waals surface area contributed by atoms with Gasteiger partial charge in [-0.3, -0.25) is 4.99 Å². The quantitative estimate of drug-likeness (QED) is 0.675. The summed E-state index contributed by atoms with van der Waals surface area (Å²) in [5.41, 5.74) is 3.32. The Morgan fingerprint density at radius 1 is 1.36 bits per heavy atom. The van der Waals surface area contributed by atoms with Crippen LogP contribution in [0.15, 0.2) is 23.2 Å². The highest BCUT2D eigenvalue weighted by Crippen LogP contribution is 2.22. The van der Waals surface area contributed by atoms with Crippen molar-refractivity contribution in [2.45, 2.75) is 6.61 Å². The molecule has 0 saturated heterocycles. The number of methoxy groups -OCH3 is 1. The minimum atomic E-state index is 0.594. The maximum absolute atomic E-state index is 5.40. The van der Waals surface area contributed by atoms with Gasteiger partial charge in [0, 0.05) is 12.6 Å². The fourth-order valence-corrected chi connectivity index (χ4v) is 1.60. The first kappa shape index (κ1) is 9.21. The molecule has 0 amide bonds. The van der Waals surface area contributed by atoms with Crippen molar-refractivity contribution in [3.63, 3.8) is 0 Å². The molecule has 0 bridgehead atoms. The zero-order valence-corrected chi connectivity index (χ0v) is 8.41. The van der Waals surface area contributed by atoms with Crippen LogP contribution in [0.3, 0.4) is 0 Å². The van der Waals surface area contributed by atoms with E-state index in [1.54, 1.807) is 14.2 Å². The first-order valence-electron chi connectivity index (χ1n) is 4.56. The number of ether oxygens (including phenoxy) is 2. The minimum absolute atomic E-state index is 0.594. The summed E-state index contributed by atoms with van der Waals surface area (Å²) in [5.74, 6) is 0.867. The first-order chi connectivity index (χ1) is 6.85. The van der Waals surface area contributed by atoms with E-state index < -0.39 is 0 Å². The molecular formula is C11H13NO2. The Bertz CT molecular complexity index is 372. The Morgan fingerprint density at radius 2 is 2.21 bits per heavy atom. The number of hydrogen-bond donors (Lipinski definition) is 0. The number of hydrogen-bond acceptors (Lipinski definition) is 3. The molecule has 74 valence electrons. The lowest BCUT2D eigenvalue weighted by Crippen LogP contribution is -2.19. The smallest absolute Gasteiger partial charge is 0.119 e. The molecule has 3 nitrogen and oxygen atoms in total. The van der Waals surface area contributed by atoms with E-state index in [0.717, 1.165) is 17.0 Å². The third-order valence-corrected chi connectivity index (χ3v) is 2.39. The third kappa shape index (κ3) is 1.51. The molecule has 0 aromatic heterocycles. The van der Waals surface area contributed by atoms with Crippen LogP contribution in [0.25, 0.3) is 0 Å². The van der Waals surface area contributed by atoms with E-state index in [1.807, 2.05) is 18.2 Å². The molecule has 14 heavy (non-hydrogen) atoms. The number of aliphatic imine (C=N–C) groups is 1. The molecule has 1 aliphatic rings. The molecule has 0 fully saturated rings. The maximum Gasteiger partial charge on any atom is 0.119 e. The number of nitrogens with zero attached hydrogens (tertiary/aromatic N) is 1. The summed E-state index contributed by atoms with van der Waals surface area (Å²) < 4.78 is 10.6. The van der Waals surface area contributed by atoms with Gasteiger partial charge >= 0.3 is 0 Å². The van der Waals surface area contributed by atoms with Gasteiger partial charge in [0.05, 0.1) is 26.0 Å². The molecule has 0 N–H and O–H groups in total. The van der Waals surface area contributed by atoms with Crippen molar-refractivity contribution in [2.24, 2.45) is 4.99 Å². The van der Waals surface area contributed by atoms with Crippen LogP contribution in [-0.4, -0.2) is 26.5 Å². The van der Waals surface area contributed by atoms with E-state index in [-0.39, 0.29) is 0 Å². The predicted octanol–water partition coefficient (Wildman–Crippen LogP) is 1.64. The second kappa shape index (κ2) is 3.80. The standard InChI is InChI=1S/C11H13NO2/c1-12-11-7-14-6-8-3-4-9(13-2)5-10(8)11/h3-5H,6-7H2,1-2H3. The van der Waals surface area contributed by atoms with Crippen molar-refractivity contribution < 1.29 is 9.47 Å². The molecule has 0 saturated carbocycles. The van der Waals surface area contributed by atoms with E-state index >= 15 is 0 Å². The highest BCUT2D eigenvalue weighted by molar-refractivity contribution is 6.03. The normalized spacial score (nSPS) is 18.0. The largest absolute Gasteiger partial charge is 0.497 e. The van der Waals surface area contributed by atoms with Crippen LogP contribution >= 0.6 is 0 Å². The molecule has 0 radical (unpaired) electrons. The first-order valence-corrected chi connectivity index (χ1v) is 4.56. The van der Waals surface area contributed by atoms with Gasteiger partial charge in [-0.2, -0.15) is 0 Å². The van der Waals surface area contributed by atoms with Crippen molar-refractivity contribution in [2.75, 3.05) is 20.8 Å². The van der Waals surface area contributed by atoms with Gasteiger partial charge in [-0.25, -0.2) is 0 Å². The van der Waals surface area contributed by atoms with Gasteiger partial charge in [-0.05, 0) is 17.7 Å². The number of rotatable bonds is 1. The number of fused-ring (bicyclic) bond motifs is 1. The highest BCUT2D eigenvalue weighted by Gasteiger charge is 2.15. The fourth-order valence-electron chi connectivity index (χ4n) is 1.60. The van der Waals surface area contributed by atoms with Crippen LogP contribution < -0.4 is 4.74 Å². The van der Waals surface area contributed by atoms with Crippen molar-refractivity contribution in [1.82, 2.24) is 0 Å². The van der Waals surface area contributed by atoms with Crippen LogP contribution in [0, 0.1) is 0 Å². The molecule has 1 aromatic rings. The molecule has 1 aliphatic heterocycles. The van der Waals surface area contributed by atoms with Crippen molar-refractivity contribution >= 4 is 5.71 Å². The minimum Gasteiger partial charge on any atom is -0.497 e. The summed E-state index contributed by atoms with van der Waals surface area (Å²) in [6.45, 7) is 1.26. The average molecular weight is 191 g/mol. The summed E-state index contributed by atoms with van der Waals surface area (Å²) in [4.78, 5) is 4.20. The molecule has 0 spiro atoms. The summed E-state index contributed by atoms with van der Waals surface area (Å²) >= 11 is 0. The van der Waals surface area contributed by atoms with Gasteiger partial charge in [0.15, 0.2) is 0 Å². The molecule has 0 unspecified atom stereocenters. The Balaban J connectivity index is 2.49. The number of benzene rings is 1. The Kier molecular flexibility index (Phi) is 2.50. The van der Waals surface area contributed by atoms with E-state index in [0.29, 0.717) is 13.2 Å². The van der Waals surface area contributed by atoms with Crippen molar-refractivity contribution in [3.8, 4) is 5.75 Å². The van der Waals surface area contributed by atoms with E-state index in [1.165, 1.54) is 5.56 Å². The molecule has 2 rings (SSSR count). The zero-order chi connectivity index (χ0) is 9.97. The molecular weight excluding hydrogens is 178 g/mol. The van der Waals surface area contributed by atoms with Crippen molar-refractivity contribution in [3.05, 3.63) is 29.3 Å². The fraction of sp³-hybridized carbons (Fsp3) is 0.364. The van der Waals surface area contributed by atoms with Gasteiger partial charge in [0.2, 0.25) is 0 Å². The van der Waals surface area contributed by atoms with E-state index in [2.05, 4.69) is 4.99 Å². The van der Waals surface area contributed by atoms with Crippen LogP contribution in [0.1, 0.15) is 11.1 Å². The summed E-state index contributed by atoms with van der Waals surface area (Å²) in [5, 5.41) is 0. The lowest BCUT2D eigenvalue weighted by Gasteiger charge is -2.18. The summed E-state index contributed by atoms with van der Waals surface area (Å²) in [6, 6.07) is 5.99. The van der Waals surface area contributed by atoms with Gasteiger partial charge < -0.3 is 9.47 Å². The third-order valence-electron chi connectivity index (χ3n) is 2.39. The SMILES string of the molecule is CN=C1COCc2ccc(OC)cc21. The Labute approximate surface area is 83.4 Å².